The maximum absolute atomic E-state index is 12.6. The number of halogens is 4. The summed E-state index contributed by atoms with van der Waals surface area (Å²) in [5.74, 6) is 0.188. The Morgan fingerprint density at radius 1 is 1.50 bits per heavy atom. The molecular formula is C12H11F4NO2S. The molecule has 0 radical (unpaired) electrons. The van der Waals surface area contributed by atoms with Crippen molar-refractivity contribution >= 4 is 17.2 Å². The molecule has 20 heavy (non-hydrogen) atoms. The van der Waals surface area contributed by atoms with E-state index in [9.17, 15) is 22.4 Å². The zero-order chi connectivity index (χ0) is 15.2. The van der Waals surface area contributed by atoms with Crippen LogP contribution >= 0.6 is 11.3 Å². The van der Waals surface area contributed by atoms with Crippen LogP contribution in [0.25, 0.3) is 0 Å². The normalized spacial score (nSPS) is 11.1. The third-order valence-corrected chi connectivity index (χ3v) is 2.96. The number of amides is 1. The van der Waals surface area contributed by atoms with Crippen molar-refractivity contribution in [3.05, 3.63) is 21.9 Å². The van der Waals surface area contributed by atoms with Gasteiger partial charge in [0.05, 0.1) is 23.6 Å². The first-order valence-corrected chi connectivity index (χ1v) is 6.37. The predicted molar refractivity (Wildman–Crippen MR) is 66.2 cm³/mol. The van der Waals surface area contributed by atoms with Gasteiger partial charge >= 0.3 is 12.3 Å². The summed E-state index contributed by atoms with van der Waals surface area (Å²) >= 11 is 1.12. The molecule has 1 aromatic rings. The van der Waals surface area contributed by atoms with Crippen LogP contribution in [-0.4, -0.2) is 36.5 Å². The van der Waals surface area contributed by atoms with Gasteiger partial charge in [0.1, 0.15) is 0 Å². The standard InChI is InChI=1S/C12H11F4NO2S/c13-11(14)12(15,16)7-17-10(19)8-5-9(20-6-8)3-1-2-4-18/h5-6,11,18H,2,4,7H2,(H,17,19). The van der Waals surface area contributed by atoms with E-state index < -0.39 is 24.8 Å². The quantitative estimate of drug-likeness (QED) is 0.646. The van der Waals surface area contributed by atoms with Gasteiger partial charge in [-0.1, -0.05) is 11.8 Å². The van der Waals surface area contributed by atoms with Crippen molar-refractivity contribution in [2.75, 3.05) is 13.2 Å². The number of carbonyl (C=O) groups is 1. The number of aliphatic hydroxyl groups is 1. The van der Waals surface area contributed by atoms with Gasteiger partial charge in [0.2, 0.25) is 0 Å². The lowest BCUT2D eigenvalue weighted by molar-refractivity contribution is -0.123. The molecule has 1 amide bonds. The first-order valence-electron chi connectivity index (χ1n) is 5.49. The zero-order valence-corrected chi connectivity index (χ0v) is 10.9. The predicted octanol–water partition coefficient (Wildman–Crippen LogP) is 2.11. The summed E-state index contributed by atoms with van der Waals surface area (Å²) in [6, 6.07) is 1.37. The lowest BCUT2D eigenvalue weighted by Crippen LogP contribution is -2.41. The average molecular weight is 309 g/mol. The Kier molecular flexibility index (Phi) is 5.98. The van der Waals surface area contributed by atoms with Crippen molar-refractivity contribution in [1.29, 1.82) is 0 Å². The highest BCUT2D eigenvalue weighted by molar-refractivity contribution is 7.10. The van der Waals surface area contributed by atoms with Crippen LogP contribution in [0, 0.1) is 11.8 Å². The van der Waals surface area contributed by atoms with Gasteiger partial charge in [0.25, 0.3) is 5.91 Å². The average Bonchev–Trinajstić information content (AvgIpc) is 2.85. The maximum Gasteiger partial charge on any atom is 0.324 e. The number of carbonyl (C=O) groups excluding carboxylic acids is 1. The molecule has 0 saturated carbocycles. The molecule has 0 aliphatic heterocycles. The molecule has 0 aliphatic carbocycles. The van der Waals surface area contributed by atoms with Crippen molar-refractivity contribution in [2.45, 2.75) is 18.8 Å². The second-order valence-electron chi connectivity index (χ2n) is 3.72. The molecule has 0 bridgehead atoms. The molecule has 0 aliphatic rings. The molecule has 0 aromatic carbocycles. The van der Waals surface area contributed by atoms with Crippen molar-refractivity contribution < 1.29 is 27.5 Å². The maximum atomic E-state index is 12.6. The van der Waals surface area contributed by atoms with Crippen LogP contribution in [0.15, 0.2) is 11.4 Å². The van der Waals surface area contributed by atoms with Crippen molar-refractivity contribution in [3.8, 4) is 11.8 Å². The van der Waals surface area contributed by atoms with Gasteiger partial charge in [-0.05, 0) is 6.07 Å². The van der Waals surface area contributed by atoms with Crippen LogP contribution in [-0.2, 0) is 0 Å². The molecule has 0 spiro atoms. The van der Waals surface area contributed by atoms with Crippen LogP contribution in [0.3, 0.4) is 0 Å². The minimum atomic E-state index is -4.25. The van der Waals surface area contributed by atoms with Gasteiger partial charge in [0.15, 0.2) is 0 Å². The molecule has 0 atom stereocenters. The molecule has 1 aromatic heterocycles. The van der Waals surface area contributed by atoms with Crippen LogP contribution < -0.4 is 5.32 Å². The summed E-state index contributed by atoms with van der Waals surface area (Å²) in [4.78, 5) is 12.0. The van der Waals surface area contributed by atoms with Gasteiger partial charge in [-0.2, -0.15) is 8.78 Å². The van der Waals surface area contributed by atoms with E-state index in [1.807, 2.05) is 0 Å². The zero-order valence-electron chi connectivity index (χ0n) is 10.1. The number of hydrogen-bond acceptors (Lipinski definition) is 3. The fourth-order valence-electron chi connectivity index (χ4n) is 1.10. The van der Waals surface area contributed by atoms with E-state index in [2.05, 4.69) is 11.8 Å². The molecule has 8 heteroatoms. The van der Waals surface area contributed by atoms with E-state index in [1.165, 1.54) is 11.4 Å². The fourth-order valence-corrected chi connectivity index (χ4v) is 1.86. The molecular weight excluding hydrogens is 298 g/mol. The van der Waals surface area contributed by atoms with Crippen LogP contribution in [0.4, 0.5) is 17.6 Å². The van der Waals surface area contributed by atoms with E-state index in [4.69, 9.17) is 5.11 Å². The van der Waals surface area contributed by atoms with Gasteiger partial charge in [0, 0.05) is 11.8 Å². The molecule has 3 nitrogen and oxygen atoms in total. The summed E-state index contributed by atoms with van der Waals surface area (Å²) in [7, 11) is 0. The highest BCUT2D eigenvalue weighted by Gasteiger charge is 2.40. The summed E-state index contributed by atoms with van der Waals surface area (Å²) < 4.78 is 49.1. The molecule has 1 rings (SSSR count). The highest BCUT2D eigenvalue weighted by atomic mass is 32.1. The summed E-state index contributed by atoms with van der Waals surface area (Å²) in [5.41, 5.74) is 0.0772. The molecule has 110 valence electrons. The van der Waals surface area contributed by atoms with Crippen LogP contribution in [0.5, 0.6) is 0 Å². The Hall–Kier alpha value is -1.59. The van der Waals surface area contributed by atoms with Crippen molar-refractivity contribution in [2.24, 2.45) is 0 Å². The van der Waals surface area contributed by atoms with Crippen molar-refractivity contribution in [3.63, 3.8) is 0 Å². The Balaban J connectivity index is 2.59. The lowest BCUT2D eigenvalue weighted by Gasteiger charge is -2.15. The van der Waals surface area contributed by atoms with E-state index in [1.54, 1.807) is 5.32 Å². The molecule has 1 heterocycles. The Bertz CT molecular complexity index is 519. The molecule has 0 fully saturated rings. The number of rotatable bonds is 5. The van der Waals surface area contributed by atoms with E-state index in [0.29, 0.717) is 4.88 Å². The Morgan fingerprint density at radius 2 is 2.20 bits per heavy atom. The van der Waals surface area contributed by atoms with Gasteiger partial charge in [-0.3, -0.25) is 4.79 Å². The number of alkyl halides is 4. The molecule has 0 unspecified atom stereocenters. The second-order valence-corrected chi connectivity index (χ2v) is 4.63. The SMILES string of the molecule is O=C(NCC(F)(F)C(F)F)c1csc(C#CCCO)c1. The van der Waals surface area contributed by atoms with Crippen LogP contribution in [0.1, 0.15) is 21.7 Å². The van der Waals surface area contributed by atoms with Gasteiger partial charge < -0.3 is 10.4 Å². The van der Waals surface area contributed by atoms with Crippen LogP contribution in [0.2, 0.25) is 0 Å². The number of hydrogen-bond donors (Lipinski definition) is 2. The largest absolute Gasteiger partial charge is 0.395 e. The first kappa shape index (κ1) is 16.5. The van der Waals surface area contributed by atoms with Gasteiger partial charge in [-0.25, -0.2) is 8.78 Å². The minimum absolute atomic E-state index is 0.0772. The lowest BCUT2D eigenvalue weighted by atomic mass is 10.2. The third-order valence-electron chi connectivity index (χ3n) is 2.11. The highest BCUT2D eigenvalue weighted by Crippen LogP contribution is 2.22. The van der Waals surface area contributed by atoms with E-state index >= 15 is 0 Å². The molecule has 0 saturated heterocycles. The van der Waals surface area contributed by atoms with Crippen molar-refractivity contribution in [1.82, 2.24) is 5.32 Å². The first-order chi connectivity index (χ1) is 9.36. The number of nitrogens with one attached hydrogen (secondary N) is 1. The monoisotopic (exact) mass is 309 g/mol. The smallest absolute Gasteiger partial charge is 0.324 e. The summed E-state index contributed by atoms with van der Waals surface area (Å²) in [6.45, 7) is -1.51. The summed E-state index contributed by atoms with van der Waals surface area (Å²) in [6.07, 6.45) is -3.55. The topological polar surface area (TPSA) is 49.3 Å². The second kappa shape index (κ2) is 7.26. The minimum Gasteiger partial charge on any atom is -0.395 e. The number of aliphatic hydroxyl groups excluding tert-OH is 1. The van der Waals surface area contributed by atoms with E-state index in [-0.39, 0.29) is 18.6 Å². The Morgan fingerprint density at radius 3 is 2.80 bits per heavy atom. The van der Waals surface area contributed by atoms with E-state index in [0.717, 1.165) is 11.3 Å². The van der Waals surface area contributed by atoms with Gasteiger partial charge in [-0.15, -0.1) is 11.3 Å². The fraction of sp³-hybridized carbons (Fsp3) is 0.417. The molecule has 2 N–H and O–H groups in total. The number of thiophene rings is 1. The Labute approximate surface area is 116 Å². The summed E-state index contributed by atoms with van der Waals surface area (Å²) in [5, 5.41) is 11.7. The third kappa shape index (κ3) is 4.83.